The van der Waals surface area contributed by atoms with Crippen LogP contribution in [0.5, 0.6) is 0 Å². The molecule has 2 rings (SSSR count). The van der Waals surface area contributed by atoms with Gasteiger partial charge in [0.15, 0.2) is 0 Å². The van der Waals surface area contributed by atoms with Crippen molar-refractivity contribution < 1.29 is 4.79 Å². The van der Waals surface area contributed by atoms with E-state index in [9.17, 15) is 4.79 Å². The van der Waals surface area contributed by atoms with Gasteiger partial charge in [0, 0.05) is 5.92 Å². The van der Waals surface area contributed by atoms with Gasteiger partial charge in [-0.1, -0.05) is 26.7 Å². The van der Waals surface area contributed by atoms with Gasteiger partial charge in [-0.15, -0.1) is 0 Å². The van der Waals surface area contributed by atoms with Gasteiger partial charge in [-0.25, -0.2) is 0 Å². The molecule has 15 heavy (non-hydrogen) atoms. The molecule has 0 bridgehead atoms. The van der Waals surface area contributed by atoms with Crippen molar-refractivity contribution in [2.75, 3.05) is 0 Å². The highest BCUT2D eigenvalue weighted by molar-refractivity contribution is 5.78. The number of hydrogen-bond acceptors (Lipinski definition) is 1. The Morgan fingerprint density at radius 1 is 1.20 bits per heavy atom. The monoisotopic (exact) mass is 208 g/mol. The summed E-state index contributed by atoms with van der Waals surface area (Å²) in [4.78, 5) is 11.5. The molecule has 0 amide bonds. The van der Waals surface area contributed by atoms with Gasteiger partial charge in [0.05, 0.1) is 0 Å². The van der Waals surface area contributed by atoms with Gasteiger partial charge in [0.2, 0.25) is 0 Å². The molecule has 2 saturated carbocycles. The summed E-state index contributed by atoms with van der Waals surface area (Å²) in [5, 5.41) is 0. The molecule has 0 unspecified atom stereocenters. The molecular weight excluding hydrogens is 184 g/mol. The highest BCUT2D eigenvalue weighted by Gasteiger charge is 2.46. The first-order valence-electron chi connectivity index (χ1n) is 6.54. The molecular formula is C14H24O. The third-order valence-corrected chi connectivity index (χ3v) is 5.37. The fourth-order valence-corrected chi connectivity index (χ4v) is 3.96. The Morgan fingerprint density at radius 2 is 1.93 bits per heavy atom. The minimum atomic E-state index is 0.367. The Morgan fingerprint density at radius 3 is 2.60 bits per heavy atom. The highest BCUT2D eigenvalue weighted by atomic mass is 16.1. The summed E-state index contributed by atoms with van der Waals surface area (Å²) < 4.78 is 0. The zero-order valence-electron chi connectivity index (χ0n) is 10.4. The Balaban J connectivity index is 2.15. The first-order chi connectivity index (χ1) is 7.04. The second-order valence-corrected chi connectivity index (χ2v) is 6.12. The lowest BCUT2D eigenvalue weighted by Gasteiger charge is -2.51. The fourth-order valence-electron chi connectivity index (χ4n) is 3.96. The number of hydrogen-bond donors (Lipinski definition) is 0. The molecule has 0 spiro atoms. The number of Topliss-reactive ketones (excluding diaryl/α,β-unsaturated/α-hetero) is 1. The van der Waals surface area contributed by atoms with E-state index in [0.717, 1.165) is 24.7 Å². The first-order valence-corrected chi connectivity index (χ1v) is 6.54. The fraction of sp³-hybridized carbons (Fsp3) is 0.929. The average molecular weight is 208 g/mol. The van der Waals surface area contributed by atoms with Crippen molar-refractivity contribution in [3.05, 3.63) is 0 Å². The molecule has 2 aliphatic rings. The Bertz CT molecular complexity index is 258. The molecule has 2 aliphatic carbocycles. The SMILES string of the molecule is CC(=O)[C@@H]1CC[C@@H]2CCC[C@@H](C)[C@]2(C)C1. The minimum absolute atomic E-state index is 0.367. The summed E-state index contributed by atoms with van der Waals surface area (Å²) in [7, 11) is 0. The van der Waals surface area contributed by atoms with E-state index in [2.05, 4.69) is 13.8 Å². The van der Waals surface area contributed by atoms with Crippen LogP contribution in [0.25, 0.3) is 0 Å². The van der Waals surface area contributed by atoms with Gasteiger partial charge in [0.25, 0.3) is 0 Å². The summed E-state index contributed by atoms with van der Waals surface area (Å²) in [6.45, 7) is 6.62. The lowest BCUT2D eigenvalue weighted by atomic mass is 9.54. The van der Waals surface area contributed by atoms with E-state index in [0.29, 0.717) is 17.1 Å². The topological polar surface area (TPSA) is 17.1 Å². The van der Waals surface area contributed by atoms with Crippen molar-refractivity contribution in [3.8, 4) is 0 Å². The third kappa shape index (κ3) is 1.86. The molecule has 1 nitrogen and oxygen atoms in total. The van der Waals surface area contributed by atoms with Crippen LogP contribution >= 0.6 is 0 Å². The van der Waals surface area contributed by atoms with Crippen molar-refractivity contribution in [2.24, 2.45) is 23.2 Å². The standard InChI is InChI=1S/C14H24O/c1-10-5-4-6-13-8-7-12(11(2)15)9-14(10,13)3/h10,12-13H,4-9H2,1-3H3/t10-,12-,13+,14+/m1/s1. The summed E-state index contributed by atoms with van der Waals surface area (Å²) in [5.74, 6) is 2.51. The summed E-state index contributed by atoms with van der Waals surface area (Å²) >= 11 is 0. The van der Waals surface area contributed by atoms with Crippen molar-refractivity contribution in [3.63, 3.8) is 0 Å². The van der Waals surface area contributed by atoms with E-state index in [1.54, 1.807) is 6.92 Å². The summed E-state index contributed by atoms with van der Waals surface area (Å²) in [6, 6.07) is 0. The second-order valence-electron chi connectivity index (χ2n) is 6.12. The molecule has 0 aliphatic heterocycles. The number of fused-ring (bicyclic) bond motifs is 1. The zero-order valence-corrected chi connectivity index (χ0v) is 10.4. The van der Waals surface area contributed by atoms with Gasteiger partial charge >= 0.3 is 0 Å². The quantitative estimate of drug-likeness (QED) is 0.640. The van der Waals surface area contributed by atoms with E-state index in [-0.39, 0.29) is 0 Å². The van der Waals surface area contributed by atoms with Crippen LogP contribution in [0.1, 0.15) is 59.3 Å². The number of carbonyl (C=O) groups is 1. The van der Waals surface area contributed by atoms with Crippen LogP contribution in [-0.4, -0.2) is 5.78 Å². The molecule has 0 heterocycles. The summed E-state index contributed by atoms with van der Waals surface area (Å²) in [6.07, 6.45) is 7.80. The van der Waals surface area contributed by atoms with Crippen molar-refractivity contribution in [1.29, 1.82) is 0 Å². The molecule has 1 heteroatoms. The molecule has 0 aromatic heterocycles. The van der Waals surface area contributed by atoms with E-state index >= 15 is 0 Å². The van der Waals surface area contributed by atoms with Crippen LogP contribution in [0, 0.1) is 23.2 Å². The zero-order chi connectivity index (χ0) is 11.1. The minimum Gasteiger partial charge on any atom is -0.300 e. The van der Waals surface area contributed by atoms with E-state index in [1.165, 1.54) is 25.7 Å². The normalized spacial score (nSPS) is 45.9. The maximum absolute atomic E-state index is 11.5. The van der Waals surface area contributed by atoms with Crippen molar-refractivity contribution in [1.82, 2.24) is 0 Å². The van der Waals surface area contributed by atoms with Gasteiger partial charge in [0.1, 0.15) is 5.78 Å². The Labute approximate surface area is 93.6 Å². The van der Waals surface area contributed by atoms with Crippen LogP contribution in [0.15, 0.2) is 0 Å². The van der Waals surface area contributed by atoms with Gasteiger partial charge < -0.3 is 0 Å². The molecule has 0 aromatic carbocycles. The third-order valence-electron chi connectivity index (χ3n) is 5.37. The maximum Gasteiger partial charge on any atom is 0.132 e. The summed E-state index contributed by atoms with van der Waals surface area (Å²) in [5.41, 5.74) is 0.465. The number of ketones is 1. The van der Waals surface area contributed by atoms with Gasteiger partial charge in [-0.2, -0.15) is 0 Å². The second kappa shape index (κ2) is 3.92. The predicted octanol–water partition coefficient (Wildman–Crippen LogP) is 3.82. The van der Waals surface area contributed by atoms with Gasteiger partial charge in [-0.3, -0.25) is 4.79 Å². The number of carbonyl (C=O) groups excluding carboxylic acids is 1. The highest BCUT2D eigenvalue weighted by Crippen LogP contribution is 2.54. The lowest BCUT2D eigenvalue weighted by Crippen LogP contribution is -2.43. The first kappa shape index (κ1) is 11.2. The van der Waals surface area contributed by atoms with E-state index in [4.69, 9.17) is 0 Å². The molecule has 2 fully saturated rings. The Kier molecular flexibility index (Phi) is 2.92. The van der Waals surface area contributed by atoms with E-state index < -0.39 is 0 Å². The van der Waals surface area contributed by atoms with Crippen LogP contribution in [0.4, 0.5) is 0 Å². The number of rotatable bonds is 1. The van der Waals surface area contributed by atoms with Crippen LogP contribution < -0.4 is 0 Å². The Hall–Kier alpha value is -0.330. The lowest BCUT2D eigenvalue weighted by molar-refractivity contribution is -0.125. The largest absolute Gasteiger partial charge is 0.300 e. The van der Waals surface area contributed by atoms with Crippen molar-refractivity contribution in [2.45, 2.75) is 59.3 Å². The van der Waals surface area contributed by atoms with Crippen molar-refractivity contribution >= 4 is 5.78 Å². The van der Waals surface area contributed by atoms with Gasteiger partial charge in [-0.05, 0) is 49.9 Å². The molecule has 0 radical (unpaired) electrons. The van der Waals surface area contributed by atoms with E-state index in [1.807, 2.05) is 0 Å². The molecule has 0 N–H and O–H groups in total. The molecule has 0 aromatic rings. The molecule has 4 atom stereocenters. The van der Waals surface area contributed by atoms with Crippen LogP contribution in [0.3, 0.4) is 0 Å². The smallest absolute Gasteiger partial charge is 0.132 e. The maximum atomic E-state index is 11.5. The molecule has 86 valence electrons. The molecule has 0 saturated heterocycles. The predicted molar refractivity (Wildman–Crippen MR) is 62.6 cm³/mol. The van der Waals surface area contributed by atoms with Crippen LogP contribution in [0.2, 0.25) is 0 Å². The average Bonchev–Trinajstić information content (AvgIpc) is 2.19. The van der Waals surface area contributed by atoms with Crippen LogP contribution in [-0.2, 0) is 4.79 Å².